The fraction of sp³-hybridized carbons (Fsp3) is 0.571. The number of hydrogen-bond donors (Lipinski definition) is 0. The van der Waals surface area contributed by atoms with Crippen LogP contribution in [-0.4, -0.2) is 44.0 Å². The minimum Gasteiger partial charge on any atom is -0.405 e. The summed E-state index contributed by atoms with van der Waals surface area (Å²) in [5, 5.41) is 0. The predicted octanol–water partition coefficient (Wildman–Crippen LogP) is 3.04. The van der Waals surface area contributed by atoms with Crippen LogP contribution in [0.1, 0.15) is 12.5 Å². The van der Waals surface area contributed by atoms with Gasteiger partial charge in [-0.15, -0.1) is 13.2 Å². The molecule has 0 spiro atoms. The van der Waals surface area contributed by atoms with Crippen LogP contribution in [0.4, 0.5) is 18.9 Å². The summed E-state index contributed by atoms with van der Waals surface area (Å²) in [4.78, 5) is 4.44. The number of hydrogen-bond acceptors (Lipinski definition) is 3. The van der Waals surface area contributed by atoms with Gasteiger partial charge in [-0.3, -0.25) is 0 Å². The van der Waals surface area contributed by atoms with Crippen molar-refractivity contribution < 1.29 is 17.9 Å². The van der Waals surface area contributed by atoms with E-state index in [1.165, 1.54) is 6.07 Å². The second kappa shape index (κ2) is 5.91. The molecular formula is C14H19F3N2O. The summed E-state index contributed by atoms with van der Waals surface area (Å²) in [6.07, 6.45) is -4.65. The number of benzene rings is 1. The molecule has 0 aromatic heterocycles. The average molecular weight is 288 g/mol. The molecule has 0 bridgehead atoms. The Morgan fingerprint density at radius 1 is 1.15 bits per heavy atom. The van der Waals surface area contributed by atoms with E-state index in [4.69, 9.17) is 0 Å². The third-order valence-electron chi connectivity index (χ3n) is 3.64. The lowest BCUT2D eigenvalue weighted by Gasteiger charge is -2.36. The highest BCUT2D eigenvalue weighted by Gasteiger charge is 2.32. The summed E-state index contributed by atoms with van der Waals surface area (Å²) < 4.78 is 41.1. The molecule has 6 heteroatoms. The molecule has 20 heavy (non-hydrogen) atoms. The quantitative estimate of drug-likeness (QED) is 0.850. The van der Waals surface area contributed by atoms with Gasteiger partial charge in [0, 0.05) is 37.4 Å². The summed E-state index contributed by atoms with van der Waals surface area (Å²) >= 11 is 0. The summed E-state index contributed by atoms with van der Waals surface area (Å²) in [6.45, 7) is 8.29. The molecule has 0 amide bonds. The van der Waals surface area contributed by atoms with Gasteiger partial charge in [-0.2, -0.15) is 0 Å². The first-order chi connectivity index (χ1) is 9.40. The van der Waals surface area contributed by atoms with Crippen LogP contribution in [0.3, 0.4) is 0 Å². The van der Waals surface area contributed by atoms with Crippen LogP contribution in [0.5, 0.6) is 5.75 Å². The Labute approximate surface area is 116 Å². The third kappa shape index (κ3) is 3.56. The van der Waals surface area contributed by atoms with Crippen molar-refractivity contribution in [1.29, 1.82) is 0 Å². The van der Waals surface area contributed by atoms with E-state index in [2.05, 4.69) is 21.5 Å². The number of halogens is 3. The molecule has 1 aromatic carbocycles. The summed E-state index contributed by atoms with van der Waals surface area (Å²) in [6, 6.07) is 4.81. The van der Waals surface area contributed by atoms with Crippen molar-refractivity contribution in [2.45, 2.75) is 20.2 Å². The number of anilines is 1. The largest absolute Gasteiger partial charge is 0.573 e. The van der Waals surface area contributed by atoms with Crippen LogP contribution in [-0.2, 0) is 0 Å². The zero-order valence-electron chi connectivity index (χ0n) is 11.7. The Balaban J connectivity index is 2.15. The van der Waals surface area contributed by atoms with Gasteiger partial charge in [-0.05, 0) is 25.6 Å². The lowest BCUT2D eigenvalue weighted by atomic mass is 10.1. The maximum Gasteiger partial charge on any atom is 0.573 e. The Morgan fingerprint density at radius 3 is 2.35 bits per heavy atom. The topological polar surface area (TPSA) is 15.7 Å². The third-order valence-corrected chi connectivity index (χ3v) is 3.64. The Kier molecular flexibility index (Phi) is 4.42. The monoisotopic (exact) mass is 288 g/mol. The number of likely N-dealkylation sites (N-methyl/N-ethyl adjacent to an activating group) is 1. The highest BCUT2D eigenvalue weighted by Crippen LogP contribution is 2.32. The van der Waals surface area contributed by atoms with Crippen LogP contribution in [0.25, 0.3) is 0 Å². The van der Waals surface area contributed by atoms with E-state index in [9.17, 15) is 13.2 Å². The van der Waals surface area contributed by atoms with Crippen molar-refractivity contribution in [3.63, 3.8) is 0 Å². The van der Waals surface area contributed by atoms with Gasteiger partial charge in [0.05, 0.1) is 0 Å². The van der Waals surface area contributed by atoms with Gasteiger partial charge in [-0.25, -0.2) is 0 Å². The van der Waals surface area contributed by atoms with Crippen LogP contribution in [0.15, 0.2) is 18.2 Å². The molecule has 0 saturated carbocycles. The first kappa shape index (κ1) is 15.0. The van der Waals surface area contributed by atoms with E-state index >= 15 is 0 Å². The molecule has 1 heterocycles. The van der Waals surface area contributed by atoms with Crippen LogP contribution < -0.4 is 9.64 Å². The molecule has 3 nitrogen and oxygen atoms in total. The maximum absolute atomic E-state index is 12.3. The number of rotatable bonds is 3. The van der Waals surface area contributed by atoms with Gasteiger partial charge in [-0.1, -0.05) is 13.0 Å². The fourth-order valence-corrected chi connectivity index (χ4v) is 2.49. The average Bonchev–Trinajstić information content (AvgIpc) is 2.40. The maximum atomic E-state index is 12.3. The molecule has 1 saturated heterocycles. The molecule has 0 N–H and O–H groups in total. The van der Waals surface area contributed by atoms with E-state index in [0.717, 1.165) is 38.4 Å². The van der Waals surface area contributed by atoms with E-state index < -0.39 is 6.36 Å². The molecule has 0 radical (unpaired) electrons. The molecule has 0 aliphatic carbocycles. The van der Waals surface area contributed by atoms with Crippen LogP contribution in [0.2, 0.25) is 0 Å². The molecule has 0 unspecified atom stereocenters. The smallest absolute Gasteiger partial charge is 0.405 e. The normalized spacial score (nSPS) is 17.4. The van der Waals surface area contributed by atoms with Crippen molar-refractivity contribution in [2.24, 2.45) is 0 Å². The van der Waals surface area contributed by atoms with E-state index in [1.807, 2.05) is 6.07 Å². The van der Waals surface area contributed by atoms with E-state index in [0.29, 0.717) is 5.56 Å². The van der Waals surface area contributed by atoms with Crippen molar-refractivity contribution in [3.05, 3.63) is 23.8 Å². The van der Waals surface area contributed by atoms with Gasteiger partial charge in [0.25, 0.3) is 0 Å². The zero-order chi connectivity index (χ0) is 14.8. The van der Waals surface area contributed by atoms with Crippen LogP contribution in [0, 0.1) is 6.92 Å². The van der Waals surface area contributed by atoms with Crippen molar-refractivity contribution in [1.82, 2.24) is 4.90 Å². The second-order valence-electron chi connectivity index (χ2n) is 4.87. The minimum atomic E-state index is -4.65. The van der Waals surface area contributed by atoms with Gasteiger partial charge in [0.15, 0.2) is 0 Å². The van der Waals surface area contributed by atoms with Crippen LogP contribution >= 0.6 is 0 Å². The predicted molar refractivity (Wildman–Crippen MR) is 72.2 cm³/mol. The summed E-state index contributed by atoms with van der Waals surface area (Å²) in [5.41, 5.74) is 1.36. The Morgan fingerprint density at radius 2 is 1.80 bits per heavy atom. The van der Waals surface area contributed by atoms with Crippen molar-refractivity contribution in [2.75, 3.05) is 37.6 Å². The minimum absolute atomic E-state index is 0.118. The highest BCUT2D eigenvalue weighted by atomic mass is 19.4. The summed E-state index contributed by atoms with van der Waals surface area (Å²) in [5.74, 6) is -0.118. The Bertz CT molecular complexity index is 454. The highest BCUT2D eigenvalue weighted by molar-refractivity contribution is 5.59. The second-order valence-corrected chi connectivity index (χ2v) is 4.87. The first-order valence-electron chi connectivity index (χ1n) is 6.73. The number of piperazine rings is 1. The van der Waals surface area contributed by atoms with Gasteiger partial charge in [0.1, 0.15) is 5.75 Å². The van der Waals surface area contributed by atoms with Gasteiger partial charge in [0.2, 0.25) is 0 Å². The standard InChI is InChI=1S/C14H19F3N2O/c1-3-18-7-9-19(10-8-18)12-5-4-6-13(11(12)2)20-14(15,16)17/h4-6H,3,7-10H2,1-2H3. The lowest BCUT2D eigenvalue weighted by molar-refractivity contribution is -0.274. The SMILES string of the molecule is CCN1CCN(c2cccc(OC(F)(F)F)c2C)CC1. The molecule has 1 aliphatic rings. The molecule has 112 valence electrons. The zero-order valence-corrected chi connectivity index (χ0v) is 11.7. The molecule has 1 fully saturated rings. The Hall–Kier alpha value is -1.43. The van der Waals surface area contributed by atoms with Gasteiger partial charge < -0.3 is 14.5 Å². The van der Waals surface area contributed by atoms with Gasteiger partial charge >= 0.3 is 6.36 Å². The number of alkyl halides is 3. The van der Waals surface area contributed by atoms with E-state index in [-0.39, 0.29) is 5.75 Å². The number of ether oxygens (including phenoxy) is 1. The first-order valence-corrected chi connectivity index (χ1v) is 6.73. The molecule has 1 aliphatic heterocycles. The molecule has 1 aromatic rings. The van der Waals surface area contributed by atoms with Crippen molar-refractivity contribution in [3.8, 4) is 5.75 Å². The van der Waals surface area contributed by atoms with Crippen molar-refractivity contribution >= 4 is 5.69 Å². The number of nitrogens with zero attached hydrogens (tertiary/aromatic N) is 2. The fourth-order valence-electron chi connectivity index (χ4n) is 2.49. The van der Waals surface area contributed by atoms with E-state index in [1.54, 1.807) is 13.0 Å². The molecule has 2 rings (SSSR count). The molecule has 0 atom stereocenters. The molecular weight excluding hydrogens is 269 g/mol. The lowest BCUT2D eigenvalue weighted by Crippen LogP contribution is -2.46. The summed E-state index contributed by atoms with van der Waals surface area (Å²) in [7, 11) is 0.